The third kappa shape index (κ3) is 4.53. The lowest BCUT2D eigenvalue weighted by Gasteiger charge is -2.17. The topological polar surface area (TPSA) is 49.4 Å². The number of rotatable bonds is 4. The summed E-state index contributed by atoms with van der Waals surface area (Å²) in [5.41, 5.74) is 0.418. The van der Waals surface area contributed by atoms with Crippen LogP contribution in [0.2, 0.25) is 5.02 Å². The minimum absolute atomic E-state index is 0.173. The lowest BCUT2D eigenvalue weighted by atomic mass is 10.2. The van der Waals surface area contributed by atoms with E-state index in [2.05, 4.69) is 21.2 Å². The molecule has 1 N–H and O–H groups in total. The highest BCUT2D eigenvalue weighted by Crippen LogP contribution is 2.21. The van der Waals surface area contributed by atoms with E-state index in [1.54, 1.807) is 18.2 Å². The van der Waals surface area contributed by atoms with E-state index >= 15 is 0 Å². The zero-order chi connectivity index (χ0) is 17.0. The number of hydrogen-bond donors (Lipinski definition) is 1. The molecular weight excluding hydrogens is 387 g/mol. The van der Waals surface area contributed by atoms with Crippen molar-refractivity contribution in [2.45, 2.75) is 0 Å². The van der Waals surface area contributed by atoms with E-state index in [0.29, 0.717) is 5.69 Å². The van der Waals surface area contributed by atoms with Crippen LogP contribution in [0.4, 0.5) is 10.1 Å². The number of amides is 2. The van der Waals surface area contributed by atoms with Crippen molar-refractivity contribution in [3.8, 4) is 0 Å². The van der Waals surface area contributed by atoms with Crippen molar-refractivity contribution in [1.82, 2.24) is 4.90 Å². The van der Waals surface area contributed by atoms with Crippen molar-refractivity contribution in [3.05, 3.63) is 63.3 Å². The largest absolute Gasteiger partial charge is 0.332 e. The smallest absolute Gasteiger partial charge is 0.257 e. The summed E-state index contributed by atoms with van der Waals surface area (Å²) >= 11 is 9.09. The summed E-state index contributed by atoms with van der Waals surface area (Å²) in [7, 11) is 1.42. The summed E-state index contributed by atoms with van der Waals surface area (Å²) in [5, 5.41) is 2.92. The number of para-hydroxylation sites is 1. The van der Waals surface area contributed by atoms with Crippen LogP contribution in [0.25, 0.3) is 0 Å². The molecule has 7 heteroatoms. The van der Waals surface area contributed by atoms with E-state index in [1.807, 2.05) is 6.07 Å². The zero-order valence-electron chi connectivity index (χ0n) is 12.1. The average molecular weight is 400 g/mol. The summed E-state index contributed by atoms with van der Waals surface area (Å²) in [5.74, 6) is -1.69. The monoisotopic (exact) mass is 398 g/mol. The summed E-state index contributed by atoms with van der Waals surface area (Å²) in [6, 6.07) is 10.8. The molecule has 2 amide bonds. The summed E-state index contributed by atoms with van der Waals surface area (Å²) < 4.78 is 14.4. The van der Waals surface area contributed by atoms with Crippen molar-refractivity contribution in [2.75, 3.05) is 18.9 Å². The van der Waals surface area contributed by atoms with Gasteiger partial charge in [-0.05, 0) is 46.3 Å². The Bertz CT molecular complexity index is 755. The molecule has 0 atom stereocenters. The quantitative estimate of drug-likeness (QED) is 0.846. The number of carbonyl (C=O) groups is 2. The first-order valence-corrected chi connectivity index (χ1v) is 7.80. The van der Waals surface area contributed by atoms with Crippen LogP contribution >= 0.6 is 27.5 Å². The van der Waals surface area contributed by atoms with Gasteiger partial charge in [0.05, 0.1) is 17.8 Å². The normalized spacial score (nSPS) is 10.3. The highest BCUT2D eigenvalue weighted by atomic mass is 79.9. The molecule has 0 fully saturated rings. The van der Waals surface area contributed by atoms with Gasteiger partial charge in [0.25, 0.3) is 5.91 Å². The molecule has 0 aromatic heterocycles. The third-order valence-corrected chi connectivity index (χ3v) is 3.96. The highest BCUT2D eigenvalue weighted by Gasteiger charge is 2.19. The van der Waals surface area contributed by atoms with Crippen LogP contribution in [0, 0.1) is 5.82 Å². The molecule has 0 spiro atoms. The second-order valence-corrected chi connectivity index (χ2v) is 6.10. The maximum absolute atomic E-state index is 13.7. The molecule has 2 aromatic carbocycles. The van der Waals surface area contributed by atoms with Crippen LogP contribution < -0.4 is 5.32 Å². The predicted octanol–water partition coefficient (Wildman–Crippen LogP) is 3.95. The molecule has 4 nitrogen and oxygen atoms in total. The van der Waals surface area contributed by atoms with Crippen LogP contribution in [0.3, 0.4) is 0 Å². The molecule has 0 unspecified atom stereocenters. The average Bonchev–Trinajstić information content (AvgIpc) is 2.51. The minimum atomic E-state index is -0.683. The fraction of sp³-hybridized carbons (Fsp3) is 0.125. The first kappa shape index (κ1) is 17.4. The maximum atomic E-state index is 13.7. The van der Waals surface area contributed by atoms with Gasteiger partial charge in [-0.25, -0.2) is 4.39 Å². The Morgan fingerprint density at radius 2 is 1.96 bits per heavy atom. The van der Waals surface area contributed by atoms with E-state index in [-0.39, 0.29) is 17.1 Å². The van der Waals surface area contributed by atoms with Crippen LogP contribution in [0.1, 0.15) is 10.4 Å². The molecule has 23 heavy (non-hydrogen) atoms. The number of nitrogens with one attached hydrogen (secondary N) is 1. The van der Waals surface area contributed by atoms with Gasteiger partial charge >= 0.3 is 0 Å². The predicted molar refractivity (Wildman–Crippen MR) is 91.1 cm³/mol. The molecule has 120 valence electrons. The van der Waals surface area contributed by atoms with Gasteiger partial charge in [-0.2, -0.15) is 0 Å². The van der Waals surface area contributed by atoms with Gasteiger partial charge in [-0.15, -0.1) is 0 Å². The van der Waals surface area contributed by atoms with Gasteiger partial charge in [0.15, 0.2) is 0 Å². The minimum Gasteiger partial charge on any atom is -0.332 e. The Morgan fingerprint density at radius 1 is 1.26 bits per heavy atom. The summed E-state index contributed by atoms with van der Waals surface area (Å²) in [6.45, 7) is -0.216. The SMILES string of the molecule is CN(CC(=O)Nc1ccccc1Br)C(=O)c1cc(Cl)ccc1F. The molecular formula is C16H13BrClFN2O2. The van der Waals surface area contributed by atoms with Crippen LogP contribution in [0.15, 0.2) is 46.9 Å². The Hall–Kier alpha value is -1.92. The second-order valence-electron chi connectivity index (χ2n) is 4.81. The Balaban J connectivity index is 2.05. The van der Waals surface area contributed by atoms with Crippen molar-refractivity contribution < 1.29 is 14.0 Å². The van der Waals surface area contributed by atoms with Crippen molar-refractivity contribution >= 4 is 45.0 Å². The van der Waals surface area contributed by atoms with Gasteiger partial charge in [0, 0.05) is 16.5 Å². The Morgan fingerprint density at radius 3 is 2.65 bits per heavy atom. The third-order valence-electron chi connectivity index (χ3n) is 3.03. The number of halogens is 3. The maximum Gasteiger partial charge on any atom is 0.257 e. The second kappa shape index (κ2) is 7.57. The van der Waals surface area contributed by atoms with Gasteiger partial charge in [0.1, 0.15) is 5.82 Å². The molecule has 0 aliphatic carbocycles. The van der Waals surface area contributed by atoms with E-state index in [1.165, 1.54) is 19.2 Å². The number of benzene rings is 2. The molecule has 2 aromatic rings. The van der Waals surface area contributed by atoms with Crippen LogP contribution in [-0.2, 0) is 4.79 Å². The zero-order valence-corrected chi connectivity index (χ0v) is 14.5. The van der Waals surface area contributed by atoms with Crippen molar-refractivity contribution in [1.29, 1.82) is 0 Å². The molecule has 0 heterocycles. The fourth-order valence-corrected chi connectivity index (χ4v) is 2.46. The molecule has 0 aliphatic rings. The van der Waals surface area contributed by atoms with E-state index in [4.69, 9.17) is 11.6 Å². The van der Waals surface area contributed by atoms with Crippen LogP contribution in [-0.4, -0.2) is 30.3 Å². The molecule has 0 bridgehead atoms. The molecule has 0 radical (unpaired) electrons. The van der Waals surface area contributed by atoms with Crippen molar-refractivity contribution in [3.63, 3.8) is 0 Å². The van der Waals surface area contributed by atoms with E-state index in [9.17, 15) is 14.0 Å². The number of likely N-dealkylation sites (N-methyl/N-ethyl adjacent to an activating group) is 1. The lowest BCUT2D eigenvalue weighted by molar-refractivity contribution is -0.116. The molecule has 0 saturated heterocycles. The van der Waals surface area contributed by atoms with Gasteiger partial charge in [-0.3, -0.25) is 9.59 Å². The van der Waals surface area contributed by atoms with Crippen molar-refractivity contribution in [2.24, 2.45) is 0 Å². The lowest BCUT2D eigenvalue weighted by Crippen LogP contribution is -2.35. The Kier molecular flexibility index (Phi) is 5.74. The van der Waals surface area contributed by atoms with E-state index < -0.39 is 17.6 Å². The fourth-order valence-electron chi connectivity index (χ4n) is 1.91. The number of nitrogens with zero attached hydrogens (tertiary/aromatic N) is 1. The summed E-state index contributed by atoms with van der Waals surface area (Å²) in [6.07, 6.45) is 0. The standard InChI is InChI=1S/C16H13BrClFN2O2/c1-21(16(23)11-8-10(18)6-7-13(11)19)9-15(22)20-14-5-3-2-4-12(14)17/h2-8H,9H2,1H3,(H,20,22). The number of carbonyl (C=O) groups excluding carboxylic acids is 2. The first-order valence-electron chi connectivity index (χ1n) is 6.63. The Labute approximate surface area is 146 Å². The molecule has 0 saturated carbocycles. The summed E-state index contributed by atoms with van der Waals surface area (Å²) in [4.78, 5) is 25.4. The van der Waals surface area contributed by atoms with E-state index in [0.717, 1.165) is 15.4 Å². The van der Waals surface area contributed by atoms with Gasteiger partial charge in [-0.1, -0.05) is 23.7 Å². The number of hydrogen-bond acceptors (Lipinski definition) is 2. The highest BCUT2D eigenvalue weighted by molar-refractivity contribution is 9.10. The number of anilines is 1. The first-order chi connectivity index (χ1) is 10.9. The molecule has 0 aliphatic heterocycles. The van der Waals surface area contributed by atoms with Crippen LogP contribution in [0.5, 0.6) is 0 Å². The molecule has 2 rings (SSSR count). The van der Waals surface area contributed by atoms with Gasteiger partial charge < -0.3 is 10.2 Å². The van der Waals surface area contributed by atoms with Gasteiger partial charge in [0.2, 0.25) is 5.91 Å².